The Morgan fingerprint density at radius 2 is 2.22 bits per heavy atom. The molecule has 1 fully saturated rings. The first-order chi connectivity index (χ1) is 12.8. The Hall–Kier alpha value is -2.74. The van der Waals surface area contributed by atoms with Gasteiger partial charge in [0.1, 0.15) is 5.82 Å². The first kappa shape index (κ1) is 17.7. The Bertz CT molecular complexity index is 999. The molecule has 0 aliphatic heterocycles. The molecule has 0 radical (unpaired) electrons. The highest BCUT2D eigenvalue weighted by molar-refractivity contribution is 6.30. The SMILES string of the molecule is CC(C(=O)Nc1cc([C@@H]2CC2(F)F)n[nH]1)c1cnn(-c2cccc(Cl)c2)c1. The van der Waals surface area contributed by atoms with Crippen LogP contribution < -0.4 is 5.32 Å². The van der Waals surface area contributed by atoms with Gasteiger partial charge in [0.05, 0.1) is 29.4 Å². The third-order valence-corrected chi connectivity index (χ3v) is 4.84. The molecule has 1 aromatic carbocycles. The second kappa shape index (κ2) is 6.45. The van der Waals surface area contributed by atoms with Gasteiger partial charge in [-0.3, -0.25) is 9.89 Å². The molecule has 2 atom stereocenters. The quantitative estimate of drug-likeness (QED) is 0.687. The lowest BCUT2D eigenvalue weighted by atomic mass is 10.0. The molecule has 2 aromatic heterocycles. The van der Waals surface area contributed by atoms with Crippen LogP contribution in [0.4, 0.5) is 14.6 Å². The summed E-state index contributed by atoms with van der Waals surface area (Å²) in [5, 5.41) is 14.0. The molecule has 2 heterocycles. The normalized spacial score (nSPS) is 18.9. The van der Waals surface area contributed by atoms with Gasteiger partial charge in [0, 0.05) is 29.3 Å². The van der Waals surface area contributed by atoms with Crippen LogP contribution in [0.1, 0.15) is 36.4 Å². The van der Waals surface area contributed by atoms with Crippen molar-refractivity contribution in [1.82, 2.24) is 20.0 Å². The molecule has 1 aliphatic rings. The van der Waals surface area contributed by atoms with Crippen LogP contribution in [0.25, 0.3) is 5.69 Å². The first-order valence-electron chi connectivity index (χ1n) is 8.38. The molecule has 0 spiro atoms. The van der Waals surface area contributed by atoms with Crippen LogP contribution >= 0.6 is 11.6 Å². The van der Waals surface area contributed by atoms with Gasteiger partial charge in [-0.05, 0) is 25.1 Å². The van der Waals surface area contributed by atoms with E-state index in [0.717, 1.165) is 5.69 Å². The lowest BCUT2D eigenvalue weighted by molar-refractivity contribution is -0.117. The zero-order valence-electron chi connectivity index (χ0n) is 14.3. The highest BCUT2D eigenvalue weighted by atomic mass is 35.5. The van der Waals surface area contributed by atoms with Crippen molar-refractivity contribution in [1.29, 1.82) is 0 Å². The number of nitrogens with one attached hydrogen (secondary N) is 2. The zero-order valence-corrected chi connectivity index (χ0v) is 15.0. The van der Waals surface area contributed by atoms with Crippen molar-refractivity contribution in [3.63, 3.8) is 0 Å². The average Bonchev–Trinajstić information content (AvgIpc) is 3.03. The van der Waals surface area contributed by atoms with Crippen LogP contribution in [0.15, 0.2) is 42.7 Å². The van der Waals surface area contributed by atoms with Crippen LogP contribution in [-0.2, 0) is 4.79 Å². The van der Waals surface area contributed by atoms with Gasteiger partial charge in [-0.1, -0.05) is 17.7 Å². The fourth-order valence-corrected chi connectivity index (χ4v) is 3.01. The summed E-state index contributed by atoms with van der Waals surface area (Å²) in [6, 6.07) is 8.65. The number of hydrogen-bond donors (Lipinski definition) is 2. The third-order valence-electron chi connectivity index (χ3n) is 4.61. The number of aromatic amines is 1. The van der Waals surface area contributed by atoms with E-state index in [4.69, 9.17) is 11.6 Å². The molecule has 1 saturated carbocycles. The fraction of sp³-hybridized carbons (Fsp3) is 0.278. The molecule has 3 aromatic rings. The summed E-state index contributed by atoms with van der Waals surface area (Å²) >= 11 is 5.99. The minimum absolute atomic E-state index is 0.204. The van der Waals surface area contributed by atoms with Gasteiger partial charge >= 0.3 is 0 Å². The van der Waals surface area contributed by atoms with Crippen LogP contribution in [0.2, 0.25) is 5.02 Å². The Morgan fingerprint density at radius 1 is 1.44 bits per heavy atom. The average molecular weight is 392 g/mol. The molecule has 9 heteroatoms. The molecule has 140 valence electrons. The molecular formula is C18H16ClF2N5O. The molecule has 4 rings (SSSR count). The van der Waals surface area contributed by atoms with Crippen molar-refractivity contribution >= 4 is 23.3 Å². The molecule has 1 unspecified atom stereocenters. The molecular weight excluding hydrogens is 376 g/mol. The second-order valence-electron chi connectivity index (χ2n) is 6.63. The van der Waals surface area contributed by atoms with E-state index in [9.17, 15) is 13.6 Å². The molecule has 27 heavy (non-hydrogen) atoms. The summed E-state index contributed by atoms with van der Waals surface area (Å²) < 4.78 is 27.9. The number of carbonyl (C=O) groups excluding carboxylic acids is 1. The number of alkyl halides is 2. The molecule has 6 nitrogen and oxygen atoms in total. The monoisotopic (exact) mass is 391 g/mol. The number of amides is 1. The maximum atomic E-state index is 13.1. The van der Waals surface area contributed by atoms with E-state index in [2.05, 4.69) is 20.6 Å². The van der Waals surface area contributed by atoms with E-state index in [1.807, 2.05) is 12.1 Å². The lowest BCUT2D eigenvalue weighted by Gasteiger charge is -2.08. The second-order valence-corrected chi connectivity index (χ2v) is 7.07. The fourth-order valence-electron chi connectivity index (χ4n) is 2.83. The van der Waals surface area contributed by atoms with E-state index in [-0.39, 0.29) is 18.0 Å². The summed E-state index contributed by atoms with van der Waals surface area (Å²) in [5.74, 6) is -4.05. The molecule has 0 bridgehead atoms. The number of rotatable bonds is 5. The van der Waals surface area contributed by atoms with Crippen molar-refractivity contribution in [2.45, 2.75) is 31.1 Å². The molecule has 1 amide bonds. The number of H-pyrrole nitrogens is 1. The van der Waals surface area contributed by atoms with Gasteiger partial charge in [0.25, 0.3) is 5.92 Å². The molecule has 0 saturated heterocycles. The Balaban J connectivity index is 1.44. The summed E-state index contributed by atoms with van der Waals surface area (Å²) in [6.07, 6.45) is 3.15. The van der Waals surface area contributed by atoms with E-state index >= 15 is 0 Å². The highest BCUT2D eigenvalue weighted by Gasteiger charge is 2.58. The van der Waals surface area contributed by atoms with Gasteiger partial charge in [0.2, 0.25) is 5.91 Å². The van der Waals surface area contributed by atoms with Crippen LogP contribution in [0.5, 0.6) is 0 Å². The van der Waals surface area contributed by atoms with Gasteiger partial charge < -0.3 is 5.32 Å². The number of nitrogens with zero attached hydrogens (tertiary/aromatic N) is 3. The summed E-state index contributed by atoms with van der Waals surface area (Å²) in [7, 11) is 0. The largest absolute Gasteiger partial charge is 0.311 e. The van der Waals surface area contributed by atoms with Crippen molar-refractivity contribution < 1.29 is 13.6 Å². The topological polar surface area (TPSA) is 75.6 Å². The van der Waals surface area contributed by atoms with Crippen LogP contribution in [0.3, 0.4) is 0 Å². The highest BCUT2D eigenvalue weighted by Crippen LogP contribution is 2.55. The lowest BCUT2D eigenvalue weighted by Crippen LogP contribution is -2.18. The summed E-state index contributed by atoms with van der Waals surface area (Å²) in [6.45, 7) is 1.74. The van der Waals surface area contributed by atoms with Crippen LogP contribution in [-0.4, -0.2) is 31.8 Å². The molecule has 2 N–H and O–H groups in total. The maximum absolute atomic E-state index is 13.1. The predicted octanol–water partition coefficient (Wildman–Crippen LogP) is 4.11. The van der Waals surface area contributed by atoms with Crippen molar-refractivity contribution in [3.8, 4) is 5.69 Å². The Morgan fingerprint density at radius 3 is 2.93 bits per heavy atom. The van der Waals surface area contributed by atoms with Gasteiger partial charge in [-0.2, -0.15) is 10.2 Å². The molecule has 1 aliphatic carbocycles. The van der Waals surface area contributed by atoms with Crippen molar-refractivity contribution in [3.05, 3.63) is 59.0 Å². The standard InChI is InChI=1S/C18H16ClF2N5O/c1-10(11-8-22-26(9-11)13-4-2-3-12(19)5-13)17(27)23-16-6-15(24-25-16)14-7-18(14,20)21/h2-6,8-10,14H,7H2,1H3,(H2,23,24,25,27)/t10?,14-/m0/s1. The smallest absolute Gasteiger partial charge is 0.257 e. The summed E-state index contributed by atoms with van der Waals surface area (Å²) in [5.41, 5.74) is 1.75. The predicted molar refractivity (Wildman–Crippen MR) is 96.5 cm³/mol. The van der Waals surface area contributed by atoms with Gasteiger partial charge in [-0.25, -0.2) is 13.5 Å². The third kappa shape index (κ3) is 3.57. The van der Waals surface area contributed by atoms with Crippen molar-refractivity contribution in [2.24, 2.45) is 0 Å². The Labute approximate surface area is 158 Å². The number of hydrogen-bond acceptors (Lipinski definition) is 3. The maximum Gasteiger partial charge on any atom is 0.257 e. The minimum Gasteiger partial charge on any atom is -0.311 e. The number of aromatic nitrogens is 4. The Kier molecular flexibility index (Phi) is 4.22. The van der Waals surface area contributed by atoms with Crippen LogP contribution in [0, 0.1) is 0 Å². The zero-order chi connectivity index (χ0) is 19.2. The number of benzene rings is 1. The van der Waals surface area contributed by atoms with E-state index < -0.39 is 17.8 Å². The first-order valence-corrected chi connectivity index (χ1v) is 8.76. The van der Waals surface area contributed by atoms with E-state index in [1.54, 1.807) is 36.1 Å². The summed E-state index contributed by atoms with van der Waals surface area (Å²) in [4.78, 5) is 12.5. The number of anilines is 1. The van der Waals surface area contributed by atoms with E-state index in [1.165, 1.54) is 6.07 Å². The van der Waals surface area contributed by atoms with Gasteiger partial charge in [-0.15, -0.1) is 0 Å². The minimum atomic E-state index is -2.70. The van der Waals surface area contributed by atoms with Gasteiger partial charge in [0.15, 0.2) is 0 Å². The van der Waals surface area contributed by atoms with E-state index in [0.29, 0.717) is 16.4 Å². The van der Waals surface area contributed by atoms with Crippen molar-refractivity contribution in [2.75, 3.05) is 5.32 Å². The number of carbonyl (C=O) groups is 1. The number of halogens is 3.